The highest BCUT2D eigenvalue weighted by Gasteiger charge is 2.21. The van der Waals surface area contributed by atoms with Crippen molar-refractivity contribution in [2.45, 2.75) is 26.4 Å². The van der Waals surface area contributed by atoms with Gasteiger partial charge in [-0.3, -0.25) is 4.79 Å². The first-order valence-corrected chi connectivity index (χ1v) is 4.14. The van der Waals surface area contributed by atoms with Crippen molar-refractivity contribution in [2.24, 2.45) is 0 Å². The summed E-state index contributed by atoms with van der Waals surface area (Å²) in [5.74, 6) is 0.106. The van der Waals surface area contributed by atoms with Crippen LogP contribution in [0.3, 0.4) is 0 Å². The van der Waals surface area contributed by atoms with Crippen molar-refractivity contribution in [3.05, 3.63) is 23.5 Å². The van der Waals surface area contributed by atoms with E-state index in [9.17, 15) is 4.79 Å². The standard InChI is InChI=1S/C9H12N2O/c1-6-3-4-8-7(2)10-9(12)5-11(6)8/h3-4,7H,5H2,1-2H3,(H,10,12). The maximum Gasteiger partial charge on any atom is 0.240 e. The summed E-state index contributed by atoms with van der Waals surface area (Å²) >= 11 is 0. The molecule has 1 atom stereocenters. The summed E-state index contributed by atoms with van der Waals surface area (Å²) in [5.41, 5.74) is 2.36. The smallest absolute Gasteiger partial charge is 0.240 e. The van der Waals surface area contributed by atoms with E-state index in [4.69, 9.17) is 0 Å². The molecule has 12 heavy (non-hydrogen) atoms. The summed E-state index contributed by atoms with van der Waals surface area (Å²) in [6, 6.07) is 4.27. The summed E-state index contributed by atoms with van der Waals surface area (Å²) in [6.07, 6.45) is 0. The molecule has 1 aliphatic heterocycles. The Morgan fingerprint density at radius 3 is 3.08 bits per heavy atom. The normalized spacial score (nSPS) is 21.8. The van der Waals surface area contributed by atoms with Gasteiger partial charge in [-0.1, -0.05) is 0 Å². The Balaban J connectivity index is 2.49. The number of hydrogen-bond donors (Lipinski definition) is 1. The predicted molar refractivity (Wildman–Crippen MR) is 45.7 cm³/mol. The maximum atomic E-state index is 11.2. The van der Waals surface area contributed by atoms with Crippen LogP contribution >= 0.6 is 0 Å². The van der Waals surface area contributed by atoms with Crippen LogP contribution in [-0.4, -0.2) is 10.5 Å². The topological polar surface area (TPSA) is 34.0 Å². The third-order valence-corrected chi connectivity index (χ3v) is 2.36. The molecule has 1 unspecified atom stereocenters. The van der Waals surface area contributed by atoms with E-state index in [2.05, 4.69) is 16.0 Å². The third kappa shape index (κ3) is 0.932. The number of carbonyl (C=O) groups is 1. The van der Waals surface area contributed by atoms with Crippen molar-refractivity contribution >= 4 is 5.91 Å². The summed E-state index contributed by atoms with van der Waals surface area (Å²) in [6.45, 7) is 4.50. The van der Waals surface area contributed by atoms with Crippen molar-refractivity contribution in [3.63, 3.8) is 0 Å². The van der Waals surface area contributed by atoms with E-state index >= 15 is 0 Å². The number of carbonyl (C=O) groups excluding carboxylic acids is 1. The van der Waals surface area contributed by atoms with Crippen molar-refractivity contribution in [1.29, 1.82) is 0 Å². The molecule has 1 N–H and O–H groups in total. The van der Waals surface area contributed by atoms with Crippen LogP contribution in [0.2, 0.25) is 0 Å². The number of amides is 1. The molecular formula is C9H12N2O. The lowest BCUT2D eigenvalue weighted by atomic mass is 10.2. The highest BCUT2D eigenvalue weighted by molar-refractivity contribution is 5.77. The van der Waals surface area contributed by atoms with E-state index in [-0.39, 0.29) is 11.9 Å². The van der Waals surface area contributed by atoms with Gasteiger partial charge in [-0.15, -0.1) is 0 Å². The lowest BCUT2D eigenvalue weighted by Crippen LogP contribution is -2.37. The molecule has 2 heterocycles. The van der Waals surface area contributed by atoms with Crippen molar-refractivity contribution < 1.29 is 4.79 Å². The van der Waals surface area contributed by atoms with Gasteiger partial charge in [0.05, 0.1) is 6.04 Å². The Morgan fingerprint density at radius 2 is 2.33 bits per heavy atom. The zero-order valence-electron chi connectivity index (χ0n) is 7.29. The molecule has 0 saturated heterocycles. The minimum atomic E-state index is 0.106. The van der Waals surface area contributed by atoms with Crippen LogP contribution in [0.5, 0.6) is 0 Å². The molecular weight excluding hydrogens is 152 g/mol. The SMILES string of the molecule is Cc1ccc2n1CC(=O)NC2C. The first-order valence-electron chi connectivity index (χ1n) is 4.14. The monoisotopic (exact) mass is 164 g/mol. The Labute approximate surface area is 71.4 Å². The second-order valence-electron chi connectivity index (χ2n) is 3.27. The molecule has 0 spiro atoms. The quantitative estimate of drug-likeness (QED) is 0.609. The largest absolute Gasteiger partial charge is 0.347 e. The Kier molecular flexibility index (Phi) is 1.46. The average molecular weight is 164 g/mol. The molecule has 64 valence electrons. The number of aryl methyl sites for hydroxylation is 1. The van der Waals surface area contributed by atoms with Crippen LogP contribution in [0.15, 0.2) is 12.1 Å². The van der Waals surface area contributed by atoms with Crippen LogP contribution in [0.25, 0.3) is 0 Å². The summed E-state index contributed by atoms with van der Waals surface area (Å²) in [5, 5.41) is 2.89. The molecule has 0 radical (unpaired) electrons. The zero-order chi connectivity index (χ0) is 8.72. The van der Waals surface area contributed by atoms with Gasteiger partial charge in [-0.05, 0) is 26.0 Å². The second kappa shape index (κ2) is 2.37. The molecule has 1 amide bonds. The summed E-state index contributed by atoms with van der Waals surface area (Å²) in [7, 11) is 0. The molecule has 1 aliphatic rings. The van der Waals surface area contributed by atoms with Gasteiger partial charge in [0.1, 0.15) is 6.54 Å². The number of rotatable bonds is 0. The van der Waals surface area contributed by atoms with E-state index in [1.165, 1.54) is 5.69 Å². The molecule has 0 saturated carbocycles. The highest BCUT2D eigenvalue weighted by atomic mass is 16.2. The van der Waals surface area contributed by atoms with Crippen molar-refractivity contribution in [2.75, 3.05) is 0 Å². The molecule has 3 heteroatoms. The van der Waals surface area contributed by atoms with E-state index in [1.54, 1.807) is 0 Å². The van der Waals surface area contributed by atoms with Gasteiger partial charge < -0.3 is 9.88 Å². The predicted octanol–water partition coefficient (Wildman–Crippen LogP) is 0.987. The third-order valence-electron chi connectivity index (χ3n) is 2.36. The molecule has 1 aromatic rings. The number of aromatic nitrogens is 1. The Morgan fingerprint density at radius 1 is 1.58 bits per heavy atom. The van der Waals surface area contributed by atoms with Crippen LogP contribution in [0.4, 0.5) is 0 Å². The fourth-order valence-electron chi connectivity index (χ4n) is 1.69. The van der Waals surface area contributed by atoms with Gasteiger partial charge in [-0.25, -0.2) is 0 Å². The van der Waals surface area contributed by atoms with Gasteiger partial charge >= 0.3 is 0 Å². The molecule has 0 aliphatic carbocycles. The number of fused-ring (bicyclic) bond motifs is 1. The van der Waals surface area contributed by atoms with Crippen molar-refractivity contribution in [1.82, 2.24) is 9.88 Å². The second-order valence-corrected chi connectivity index (χ2v) is 3.27. The lowest BCUT2D eigenvalue weighted by molar-refractivity contribution is -0.123. The fraction of sp³-hybridized carbons (Fsp3) is 0.444. The zero-order valence-corrected chi connectivity index (χ0v) is 7.29. The average Bonchev–Trinajstić information content (AvgIpc) is 2.33. The van der Waals surface area contributed by atoms with Crippen LogP contribution in [-0.2, 0) is 11.3 Å². The van der Waals surface area contributed by atoms with Gasteiger partial charge in [0, 0.05) is 11.4 Å². The van der Waals surface area contributed by atoms with Gasteiger partial charge in [-0.2, -0.15) is 0 Å². The van der Waals surface area contributed by atoms with E-state index in [0.717, 1.165) is 5.69 Å². The summed E-state index contributed by atoms with van der Waals surface area (Å²) in [4.78, 5) is 11.2. The Hall–Kier alpha value is -1.25. The number of nitrogens with one attached hydrogen (secondary N) is 1. The maximum absolute atomic E-state index is 11.2. The Bertz CT molecular complexity index is 327. The first kappa shape index (κ1) is 7.40. The van der Waals surface area contributed by atoms with E-state index in [1.807, 2.05) is 19.9 Å². The van der Waals surface area contributed by atoms with Crippen LogP contribution in [0, 0.1) is 6.92 Å². The first-order chi connectivity index (χ1) is 5.68. The van der Waals surface area contributed by atoms with Gasteiger partial charge in [0.15, 0.2) is 0 Å². The number of hydrogen-bond acceptors (Lipinski definition) is 1. The van der Waals surface area contributed by atoms with Crippen molar-refractivity contribution in [3.8, 4) is 0 Å². The number of nitrogens with zero attached hydrogens (tertiary/aromatic N) is 1. The van der Waals surface area contributed by atoms with Crippen LogP contribution < -0.4 is 5.32 Å². The molecule has 0 fully saturated rings. The van der Waals surface area contributed by atoms with Gasteiger partial charge in [0.2, 0.25) is 5.91 Å². The highest BCUT2D eigenvalue weighted by Crippen LogP contribution is 2.19. The molecule has 0 bridgehead atoms. The minimum absolute atomic E-state index is 0.106. The van der Waals surface area contributed by atoms with Gasteiger partial charge in [0.25, 0.3) is 0 Å². The fourth-order valence-corrected chi connectivity index (χ4v) is 1.69. The molecule has 0 aromatic carbocycles. The van der Waals surface area contributed by atoms with E-state index in [0.29, 0.717) is 6.54 Å². The van der Waals surface area contributed by atoms with Crippen LogP contribution in [0.1, 0.15) is 24.4 Å². The summed E-state index contributed by atoms with van der Waals surface area (Å²) < 4.78 is 2.06. The molecule has 3 nitrogen and oxygen atoms in total. The lowest BCUT2D eigenvalue weighted by Gasteiger charge is -2.23. The molecule has 1 aromatic heterocycles. The van der Waals surface area contributed by atoms with E-state index < -0.39 is 0 Å². The molecule has 2 rings (SSSR count). The minimum Gasteiger partial charge on any atom is -0.347 e.